The minimum absolute atomic E-state index is 0.168. The number of Topliss-reactive ketones (excluding diaryl/α,β-unsaturated/α-hetero) is 1. The normalized spacial score (nSPS) is 15.1. The van der Waals surface area contributed by atoms with Crippen molar-refractivity contribution in [3.63, 3.8) is 0 Å². The number of amides is 1. The minimum Gasteiger partial charge on any atom is -0.495 e. The van der Waals surface area contributed by atoms with Crippen LogP contribution in [0.15, 0.2) is 52.2 Å². The highest BCUT2D eigenvalue weighted by Gasteiger charge is 2.31. The molecule has 0 bridgehead atoms. The number of carbonyl (C=O) groups is 2. The second-order valence-corrected chi connectivity index (χ2v) is 12.7. The van der Waals surface area contributed by atoms with Gasteiger partial charge in [-0.3, -0.25) is 28.7 Å². The van der Waals surface area contributed by atoms with Crippen LogP contribution in [0.3, 0.4) is 0 Å². The molecule has 0 fully saturated rings. The molecule has 10 nitrogen and oxygen atoms in total. The van der Waals surface area contributed by atoms with E-state index in [1.54, 1.807) is 24.3 Å². The molecule has 206 valence electrons. The molecule has 2 aromatic carbocycles. The van der Waals surface area contributed by atoms with Crippen LogP contribution in [-0.2, 0) is 21.2 Å². The van der Waals surface area contributed by atoms with Crippen molar-refractivity contribution in [1.29, 1.82) is 0 Å². The number of aromatic nitrogens is 2. The van der Waals surface area contributed by atoms with Gasteiger partial charge < -0.3 is 4.74 Å². The number of ether oxygens (including phenoxy) is 1. The number of H-pyrrole nitrogens is 1. The summed E-state index contributed by atoms with van der Waals surface area (Å²) < 4.78 is 32.2. The largest absolute Gasteiger partial charge is 0.495 e. The van der Waals surface area contributed by atoms with E-state index >= 15 is 0 Å². The quantitative estimate of drug-likeness (QED) is 0.428. The molecule has 1 amide bonds. The van der Waals surface area contributed by atoms with Crippen molar-refractivity contribution < 1.29 is 22.7 Å². The molecule has 0 spiro atoms. The molecule has 0 radical (unpaired) electrons. The van der Waals surface area contributed by atoms with E-state index < -0.39 is 33.1 Å². The number of nitrogens with one attached hydrogen (secondary N) is 2. The lowest BCUT2D eigenvalue weighted by Gasteiger charge is -2.21. The lowest BCUT2D eigenvalue weighted by atomic mass is 9.86. The maximum absolute atomic E-state index is 13.4. The molecule has 2 N–H and O–H groups in total. The Morgan fingerprint density at radius 2 is 1.85 bits per heavy atom. The lowest BCUT2D eigenvalue weighted by molar-refractivity contribution is -0.120. The minimum atomic E-state index is -3.68. The van der Waals surface area contributed by atoms with E-state index in [9.17, 15) is 27.6 Å². The van der Waals surface area contributed by atoms with E-state index in [2.05, 4.69) is 9.71 Å². The van der Waals surface area contributed by atoms with Gasteiger partial charge in [-0.05, 0) is 47.1 Å². The van der Waals surface area contributed by atoms with Gasteiger partial charge in [0.2, 0.25) is 15.9 Å². The maximum Gasteiger partial charge on any atom is 0.332 e. The Morgan fingerprint density at radius 3 is 2.46 bits per heavy atom. The van der Waals surface area contributed by atoms with Gasteiger partial charge in [0.05, 0.1) is 30.5 Å². The number of carbonyl (C=O) groups excluding carboxylic acids is 2. The van der Waals surface area contributed by atoms with E-state index in [4.69, 9.17) is 4.74 Å². The predicted molar refractivity (Wildman–Crippen MR) is 147 cm³/mol. The second kappa shape index (κ2) is 10.3. The summed E-state index contributed by atoms with van der Waals surface area (Å²) in [5.41, 5.74) is 2.02. The first-order chi connectivity index (χ1) is 18.2. The Balaban J connectivity index is 1.88. The van der Waals surface area contributed by atoms with Crippen LogP contribution in [-0.4, -0.2) is 43.0 Å². The van der Waals surface area contributed by atoms with Gasteiger partial charge in [-0.25, -0.2) is 13.2 Å². The number of hydrogen-bond donors (Lipinski definition) is 2. The van der Waals surface area contributed by atoms with Crippen molar-refractivity contribution in [1.82, 2.24) is 14.3 Å². The zero-order valence-electron chi connectivity index (χ0n) is 22.5. The summed E-state index contributed by atoms with van der Waals surface area (Å²) >= 11 is 0. The number of nitrogens with zero attached hydrogens (tertiary/aromatic N) is 1. The Hall–Kier alpha value is -3.99. The molecular formula is C28H31N3O7S. The summed E-state index contributed by atoms with van der Waals surface area (Å²) in [6.07, 6.45) is 3.53. The van der Waals surface area contributed by atoms with E-state index in [1.165, 1.54) is 23.9 Å². The van der Waals surface area contributed by atoms with Gasteiger partial charge in [0, 0.05) is 24.2 Å². The smallest absolute Gasteiger partial charge is 0.332 e. The first kappa shape index (κ1) is 28.0. The molecule has 1 atom stereocenters. The topological polar surface area (TPSA) is 144 Å². The molecule has 39 heavy (non-hydrogen) atoms. The van der Waals surface area contributed by atoms with E-state index in [1.807, 2.05) is 26.8 Å². The molecule has 1 aromatic heterocycles. The zero-order valence-corrected chi connectivity index (χ0v) is 23.3. The summed E-state index contributed by atoms with van der Waals surface area (Å²) in [6, 6.07) is 9.95. The van der Waals surface area contributed by atoms with E-state index in [0.717, 1.165) is 17.4 Å². The molecular weight excluding hydrogens is 522 g/mol. The van der Waals surface area contributed by atoms with Gasteiger partial charge in [0.1, 0.15) is 5.75 Å². The summed E-state index contributed by atoms with van der Waals surface area (Å²) in [5.74, 6) is -0.995. The fraction of sp³-hybridized carbons (Fsp3) is 0.357. The number of methoxy groups -OCH3 is 1. The van der Waals surface area contributed by atoms with Gasteiger partial charge in [0.25, 0.3) is 5.56 Å². The highest BCUT2D eigenvalue weighted by Crippen LogP contribution is 2.41. The molecule has 3 aromatic rings. The van der Waals surface area contributed by atoms with Crippen LogP contribution in [0.5, 0.6) is 5.75 Å². The number of fused-ring (bicyclic) bond motifs is 1. The average Bonchev–Trinajstić information content (AvgIpc) is 3.24. The summed E-state index contributed by atoms with van der Waals surface area (Å²) in [7, 11) is -2.22. The molecule has 11 heteroatoms. The Labute approximate surface area is 226 Å². The van der Waals surface area contributed by atoms with Crippen LogP contribution in [0, 0.1) is 5.41 Å². The number of sulfonamides is 1. The number of benzene rings is 2. The van der Waals surface area contributed by atoms with E-state index in [0.29, 0.717) is 41.0 Å². The number of rotatable bonds is 7. The monoisotopic (exact) mass is 553 g/mol. The maximum atomic E-state index is 13.4. The third-order valence-corrected chi connectivity index (χ3v) is 7.08. The van der Waals surface area contributed by atoms with Gasteiger partial charge in [0.15, 0.2) is 5.78 Å². The Kier molecular flexibility index (Phi) is 7.40. The highest BCUT2D eigenvalue weighted by molar-refractivity contribution is 7.89. The first-order valence-electron chi connectivity index (χ1n) is 12.4. The molecule has 1 aliphatic rings. The number of aryl methyl sites for hydroxylation is 1. The van der Waals surface area contributed by atoms with E-state index in [-0.39, 0.29) is 17.6 Å². The standard InChI is InChI=1S/C28H31N3O7S/c1-28(2,3)15-23(32)22-14-18(31-11-10-24(33)29-27(31)35)13-21(25(22)38-4)17-6-8-19-16(12-17)7-9-20(19)26(34)30-39(5,36)37/h6,8,10-14,20H,7,9,15H2,1-5H3,(H,30,34)(H,29,33,35). The molecule has 1 unspecified atom stereocenters. The van der Waals surface area contributed by atoms with Crippen molar-refractivity contribution in [3.8, 4) is 22.6 Å². The van der Waals surface area contributed by atoms with Crippen LogP contribution in [0.1, 0.15) is 61.0 Å². The number of ketones is 1. The third kappa shape index (κ3) is 6.19. The van der Waals surface area contributed by atoms with Gasteiger partial charge in [-0.1, -0.05) is 39.0 Å². The lowest BCUT2D eigenvalue weighted by Crippen LogP contribution is -2.33. The van der Waals surface area contributed by atoms with Crippen LogP contribution < -0.4 is 20.7 Å². The van der Waals surface area contributed by atoms with Gasteiger partial charge >= 0.3 is 5.69 Å². The van der Waals surface area contributed by atoms with Crippen LogP contribution >= 0.6 is 0 Å². The first-order valence-corrected chi connectivity index (χ1v) is 14.3. The molecule has 1 aliphatic carbocycles. The summed E-state index contributed by atoms with van der Waals surface area (Å²) in [6.45, 7) is 5.85. The fourth-order valence-electron chi connectivity index (χ4n) is 4.90. The van der Waals surface area contributed by atoms with Crippen molar-refractivity contribution in [2.24, 2.45) is 5.41 Å². The SMILES string of the molecule is COc1c(C(=O)CC(C)(C)C)cc(-n2ccc(=O)[nH]c2=O)cc1-c1ccc2c(c1)CCC2C(=O)NS(C)(=O)=O. The molecule has 1 heterocycles. The van der Waals surface area contributed by atoms with Crippen molar-refractivity contribution >= 4 is 21.7 Å². The number of hydrogen-bond acceptors (Lipinski definition) is 7. The molecule has 0 saturated carbocycles. The zero-order chi connectivity index (χ0) is 28.7. The highest BCUT2D eigenvalue weighted by atomic mass is 32.2. The van der Waals surface area contributed by atoms with Crippen molar-refractivity contribution in [2.45, 2.75) is 46.0 Å². The van der Waals surface area contributed by atoms with Gasteiger partial charge in [-0.2, -0.15) is 0 Å². The predicted octanol–water partition coefficient (Wildman–Crippen LogP) is 2.93. The third-order valence-electron chi connectivity index (χ3n) is 6.51. The molecule has 0 saturated heterocycles. The van der Waals surface area contributed by atoms with Crippen molar-refractivity contribution in [3.05, 3.63) is 80.1 Å². The Bertz CT molecular complexity index is 1700. The Morgan fingerprint density at radius 1 is 1.13 bits per heavy atom. The van der Waals surface area contributed by atoms with Crippen molar-refractivity contribution in [2.75, 3.05) is 13.4 Å². The van der Waals surface area contributed by atoms with Crippen LogP contribution in [0.25, 0.3) is 16.8 Å². The summed E-state index contributed by atoms with van der Waals surface area (Å²) in [4.78, 5) is 52.5. The molecule has 4 rings (SSSR count). The number of aromatic amines is 1. The fourth-order valence-corrected chi connectivity index (χ4v) is 5.41. The molecule has 0 aliphatic heterocycles. The van der Waals surface area contributed by atoms with Crippen LogP contribution in [0.4, 0.5) is 0 Å². The average molecular weight is 554 g/mol. The van der Waals surface area contributed by atoms with Crippen LogP contribution in [0.2, 0.25) is 0 Å². The second-order valence-electron chi connectivity index (χ2n) is 11.0. The summed E-state index contributed by atoms with van der Waals surface area (Å²) in [5, 5.41) is 0. The van der Waals surface area contributed by atoms with Gasteiger partial charge in [-0.15, -0.1) is 0 Å².